The molecule has 0 amide bonds. The van der Waals surface area contributed by atoms with Gasteiger partial charge in [0, 0.05) is 44.3 Å². The zero-order valence-corrected chi connectivity index (χ0v) is 13.2. The van der Waals surface area contributed by atoms with Gasteiger partial charge in [-0.1, -0.05) is 22.9 Å². The van der Waals surface area contributed by atoms with Crippen molar-refractivity contribution in [2.24, 2.45) is 0 Å². The van der Waals surface area contributed by atoms with Crippen molar-refractivity contribution in [3.05, 3.63) is 18.0 Å². The lowest BCUT2D eigenvalue weighted by molar-refractivity contribution is 0.147. The second kappa shape index (κ2) is 8.67. The average molecular weight is 318 g/mol. The molecular weight excluding hydrogens is 294 g/mol. The molecule has 0 aromatic carbocycles. The highest BCUT2D eigenvalue weighted by Crippen LogP contribution is 2.10. The van der Waals surface area contributed by atoms with E-state index < -0.39 is 0 Å². The summed E-state index contributed by atoms with van der Waals surface area (Å²) in [6.45, 7) is 7.98. The molecule has 1 unspecified atom stereocenters. The Morgan fingerprint density at radius 3 is 2.89 bits per heavy atom. The fourth-order valence-corrected chi connectivity index (χ4v) is 2.23. The highest BCUT2D eigenvalue weighted by atomic mass is 79.9. The Labute approximate surface area is 118 Å². The largest absolute Gasteiger partial charge is 0.383 e. The molecule has 0 bridgehead atoms. The molecule has 0 aliphatic heterocycles. The monoisotopic (exact) mass is 317 g/mol. The van der Waals surface area contributed by atoms with Gasteiger partial charge in [-0.15, -0.1) is 0 Å². The maximum atomic E-state index is 5.13. The van der Waals surface area contributed by atoms with Crippen LogP contribution in [0.1, 0.15) is 32.0 Å². The first-order valence-electron chi connectivity index (χ1n) is 6.52. The molecule has 1 rings (SSSR count). The quantitative estimate of drug-likeness (QED) is 0.656. The minimum absolute atomic E-state index is 0.474. The van der Waals surface area contributed by atoms with Gasteiger partial charge in [-0.25, -0.2) is 0 Å². The SMILES string of the molecule is CCC(C)n1ccc(CN(CCBr)CCOC)n1. The maximum Gasteiger partial charge on any atom is 0.0764 e. The third kappa shape index (κ3) is 5.08. The first kappa shape index (κ1) is 15.7. The van der Waals surface area contributed by atoms with Crippen LogP contribution in [0, 0.1) is 0 Å². The summed E-state index contributed by atoms with van der Waals surface area (Å²) in [5, 5.41) is 5.60. The summed E-state index contributed by atoms with van der Waals surface area (Å²) >= 11 is 3.49. The van der Waals surface area contributed by atoms with Crippen molar-refractivity contribution in [3.8, 4) is 0 Å². The van der Waals surface area contributed by atoms with Crippen molar-refractivity contribution >= 4 is 15.9 Å². The van der Waals surface area contributed by atoms with E-state index in [1.165, 1.54) is 0 Å². The predicted molar refractivity (Wildman–Crippen MR) is 78.2 cm³/mol. The summed E-state index contributed by atoms with van der Waals surface area (Å²) in [4.78, 5) is 2.35. The highest BCUT2D eigenvalue weighted by Gasteiger charge is 2.09. The maximum absolute atomic E-state index is 5.13. The number of hydrogen-bond acceptors (Lipinski definition) is 3. The summed E-state index contributed by atoms with van der Waals surface area (Å²) in [6, 6.07) is 2.59. The van der Waals surface area contributed by atoms with Gasteiger partial charge in [-0.3, -0.25) is 9.58 Å². The van der Waals surface area contributed by atoms with E-state index in [4.69, 9.17) is 4.74 Å². The molecular formula is C13H24BrN3O. The normalized spacial score (nSPS) is 13.2. The molecule has 0 aliphatic rings. The molecule has 0 fully saturated rings. The summed E-state index contributed by atoms with van der Waals surface area (Å²) in [7, 11) is 1.74. The van der Waals surface area contributed by atoms with Crippen LogP contribution >= 0.6 is 15.9 Å². The highest BCUT2D eigenvalue weighted by molar-refractivity contribution is 9.09. The van der Waals surface area contributed by atoms with Crippen LogP contribution in [0.25, 0.3) is 0 Å². The third-order valence-electron chi connectivity index (χ3n) is 3.10. The Balaban J connectivity index is 2.54. The molecule has 1 aromatic heterocycles. The van der Waals surface area contributed by atoms with E-state index >= 15 is 0 Å². The average Bonchev–Trinajstić information content (AvgIpc) is 2.83. The molecule has 4 nitrogen and oxygen atoms in total. The third-order valence-corrected chi connectivity index (χ3v) is 3.46. The molecule has 1 atom stereocenters. The van der Waals surface area contributed by atoms with Gasteiger partial charge in [0.2, 0.25) is 0 Å². The Kier molecular flexibility index (Phi) is 7.54. The van der Waals surface area contributed by atoms with Gasteiger partial charge in [0.1, 0.15) is 0 Å². The van der Waals surface area contributed by atoms with Gasteiger partial charge in [-0.05, 0) is 19.4 Å². The summed E-state index contributed by atoms with van der Waals surface area (Å²) in [5.41, 5.74) is 1.13. The molecule has 0 saturated carbocycles. The Morgan fingerprint density at radius 2 is 2.28 bits per heavy atom. The zero-order chi connectivity index (χ0) is 13.4. The number of aromatic nitrogens is 2. The molecule has 1 aromatic rings. The first-order chi connectivity index (χ1) is 8.71. The van der Waals surface area contributed by atoms with Gasteiger partial charge >= 0.3 is 0 Å². The van der Waals surface area contributed by atoms with E-state index in [2.05, 4.69) is 56.7 Å². The molecule has 0 N–H and O–H groups in total. The van der Waals surface area contributed by atoms with Crippen LogP contribution in [0.3, 0.4) is 0 Å². The van der Waals surface area contributed by atoms with Crippen LogP contribution in [0.4, 0.5) is 0 Å². The Bertz CT molecular complexity index is 330. The second-order valence-electron chi connectivity index (χ2n) is 4.50. The van der Waals surface area contributed by atoms with E-state index in [1.54, 1.807) is 7.11 Å². The van der Waals surface area contributed by atoms with E-state index in [9.17, 15) is 0 Å². The number of hydrogen-bond donors (Lipinski definition) is 0. The topological polar surface area (TPSA) is 30.3 Å². The van der Waals surface area contributed by atoms with Gasteiger partial charge in [0.15, 0.2) is 0 Å². The van der Waals surface area contributed by atoms with E-state index in [1.807, 2.05) is 0 Å². The van der Waals surface area contributed by atoms with Crippen molar-refractivity contribution in [1.29, 1.82) is 0 Å². The minimum Gasteiger partial charge on any atom is -0.383 e. The number of alkyl halides is 1. The molecule has 1 heterocycles. The predicted octanol–water partition coefficient (Wildman–Crippen LogP) is 2.70. The number of rotatable bonds is 9. The number of ether oxygens (including phenoxy) is 1. The molecule has 5 heteroatoms. The molecule has 0 aliphatic carbocycles. The smallest absolute Gasteiger partial charge is 0.0764 e. The fraction of sp³-hybridized carbons (Fsp3) is 0.769. The van der Waals surface area contributed by atoms with Crippen molar-refractivity contribution in [2.45, 2.75) is 32.9 Å². The lowest BCUT2D eigenvalue weighted by Gasteiger charge is -2.19. The summed E-state index contributed by atoms with van der Waals surface area (Å²) < 4.78 is 7.19. The lowest BCUT2D eigenvalue weighted by atomic mass is 10.3. The van der Waals surface area contributed by atoms with E-state index in [0.717, 1.165) is 43.7 Å². The van der Waals surface area contributed by atoms with Gasteiger partial charge in [0.25, 0.3) is 0 Å². The first-order valence-corrected chi connectivity index (χ1v) is 7.64. The van der Waals surface area contributed by atoms with Crippen LogP contribution in [0.2, 0.25) is 0 Å². The standard InChI is InChI=1S/C13H24BrN3O/c1-4-12(2)17-7-5-13(15-17)11-16(8-6-14)9-10-18-3/h5,7,12H,4,6,8-11H2,1-3H3. The van der Waals surface area contributed by atoms with Crippen LogP contribution in [0.5, 0.6) is 0 Å². The van der Waals surface area contributed by atoms with Crippen LogP contribution < -0.4 is 0 Å². The zero-order valence-electron chi connectivity index (χ0n) is 11.6. The van der Waals surface area contributed by atoms with Crippen LogP contribution in [-0.4, -0.2) is 46.8 Å². The van der Waals surface area contributed by atoms with Gasteiger partial charge in [-0.2, -0.15) is 5.10 Å². The number of nitrogens with zero attached hydrogens (tertiary/aromatic N) is 3. The minimum atomic E-state index is 0.474. The fourth-order valence-electron chi connectivity index (χ4n) is 1.73. The van der Waals surface area contributed by atoms with Gasteiger partial charge < -0.3 is 4.74 Å². The van der Waals surface area contributed by atoms with Crippen LogP contribution in [-0.2, 0) is 11.3 Å². The Morgan fingerprint density at radius 1 is 1.50 bits per heavy atom. The molecule has 0 saturated heterocycles. The van der Waals surface area contributed by atoms with Crippen molar-refractivity contribution in [3.63, 3.8) is 0 Å². The summed E-state index contributed by atoms with van der Waals surface area (Å²) in [5.74, 6) is 0. The number of methoxy groups -OCH3 is 1. The van der Waals surface area contributed by atoms with Crippen molar-refractivity contribution in [2.75, 3.05) is 32.1 Å². The number of halogens is 1. The van der Waals surface area contributed by atoms with Crippen molar-refractivity contribution in [1.82, 2.24) is 14.7 Å². The Hall–Kier alpha value is -0.390. The van der Waals surface area contributed by atoms with E-state index in [0.29, 0.717) is 6.04 Å². The lowest BCUT2D eigenvalue weighted by Crippen LogP contribution is -2.29. The second-order valence-corrected chi connectivity index (χ2v) is 5.30. The van der Waals surface area contributed by atoms with Crippen LogP contribution in [0.15, 0.2) is 12.3 Å². The molecule has 18 heavy (non-hydrogen) atoms. The van der Waals surface area contributed by atoms with Crippen molar-refractivity contribution < 1.29 is 4.74 Å². The van der Waals surface area contributed by atoms with Gasteiger partial charge in [0.05, 0.1) is 12.3 Å². The van der Waals surface area contributed by atoms with E-state index in [-0.39, 0.29) is 0 Å². The summed E-state index contributed by atoms with van der Waals surface area (Å²) in [6.07, 6.45) is 3.18. The molecule has 104 valence electrons. The molecule has 0 radical (unpaired) electrons. The molecule has 0 spiro atoms.